The number of nitrogens with zero attached hydrogens (tertiary/aromatic N) is 1. The molecule has 5 nitrogen and oxygen atoms in total. The van der Waals surface area contributed by atoms with Crippen molar-refractivity contribution in [2.24, 2.45) is 0 Å². The summed E-state index contributed by atoms with van der Waals surface area (Å²) in [7, 11) is 3.91. The van der Waals surface area contributed by atoms with Crippen LogP contribution >= 0.6 is 0 Å². The summed E-state index contributed by atoms with van der Waals surface area (Å²) in [6, 6.07) is 25.8. The first kappa shape index (κ1) is 20.9. The number of ether oxygens (including phenoxy) is 1. The molecule has 0 aliphatic carbocycles. The zero-order valence-corrected chi connectivity index (χ0v) is 17.0. The molecule has 3 rings (SSSR count). The lowest BCUT2D eigenvalue weighted by Crippen LogP contribution is -2.28. The standard InChI is InChI=1S/C25H24N2O3/c1-27(2)22-15-13-19(14-16-22)17-23(26-24(28)21-11-7-4-8-12-21)25(29)30-18-20-9-5-3-6-10-20/h3-17H,18H2,1-2H3,(H,26,28). The van der Waals surface area contributed by atoms with E-state index in [1.807, 2.05) is 79.7 Å². The van der Waals surface area contributed by atoms with Gasteiger partial charge in [0.1, 0.15) is 12.3 Å². The van der Waals surface area contributed by atoms with Crippen LogP contribution in [-0.2, 0) is 16.1 Å². The molecule has 3 aromatic rings. The molecule has 0 fully saturated rings. The van der Waals surface area contributed by atoms with Gasteiger partial charge in [0.2, 0.25) is 0 Å². The average Bonchev–Trinajstić information content (AvgIpc) is 2.78. The van der Waals surface area contributed by atoms with E-state index in [1.54, 1.807) is 30.3 Å². The highest BCUT2D eigenvalue weighted by atomic mass is 16.5. The van der Waals surface area contributed by atoms with E-state index >= 15 is 0 Å². The molecule has 1 N–H and O–H groups in total. The molecule has 1 amide bonds. The van der Waals surface area contributed by atoms with Crippen molar-refractivity contribution < 1.29 is 14.3 Å². The number of carbonyl (C=O) groups excluding carboxylic acids is 2. The van der Waals surface area contributed by atoms with E-state index in [4.69, 9.17) is 4.74 Å². The van der Waals surface area contributed by atoms with Gasteiger partial charge in [0.05, 0.1) is 0 Å². The number of benzene rings is 3. The van der Waals surface area contributed by atoms with E-state index in [2.05, 4.69) is 5.32 Å². The Morgan fingerprint density at radius 3 is 2.07 bits per heavy atom. The molecule has 0 aromatic heterocycles. The minimum atomic E-state index is -0.597. The van der Waals surface area contributed by atoms with Gasteiger partial charge in [-0.3, -0.25) is 4.79 Å². The fraction of sp³-hybridized carbons (Fsp3) is 0.120. The van der Waals surface area contributed by atoms with E-state index in [1.165, 1.54) is 0 Å². The zero-order chi connectivity index (χ0) is 21.3. The van der Waals surface area contributed by atoms with Crippen molar-refractivity contribution in [1.82, 2.24) is 5.32 Å². The second-order valence-electron chi connectivity index (χ2n) is 6.93. The number of esters is 1. The Hall–Kier alpha value is -3.86. The van der Waals surface area contributed by atoms with Crippen LogP contribution in [0, 0.1) is 0 Å². The maximum atomic E-state index is 12.7. The van der Waals surface area contributed by atoms with Gasteiger partial charge in [-0.05, 0) is 41.5 Å². The zero-order valence-electron chi connectivity index (χ0n) is 17.0. The summed E-state index contributed by atoms with van der Waals surface area (Å²) in [6.07, 6.45) is 1.62. The van der Waals surface area contributed by atoms with Gasteiger partial charge >= 0.3 is 5.97 Å². The first-order valence-corrected chi connectivity index (χ1v) is 9.59. The molecule has 0 saturated heterocycles. The predicted molar refractivity (Wildman–Crippen MR) is 119 cm³/mol. The number of rotatable bonds is 7. The molecule has 0 radical (unpaired) electrons. The molecule has 0 aliphatic rings. The van der Waals surface area contributed by atoms with Crippen molar-refractivity contribution in [3.05, 3.63) is 107 Å². The summed E-state index contributed by atoms with van der Waals surface area (Å²) in [5, 5.41) is 2.69. The Morgan fingerprint density at radius 2 is 1.47 bits per heavy atom. The molecule has 0 saturated carbocycles. The Morgan fingerprint density at radius 1 is 0.867 bits per heavy atom. The van der Waals surface area contributed by atoms with Crippen LogP contribution in [0.2, 0.25) is 0 Å². The summed E-state index contributed by atoms with van der Waals surface area (Å²) in [5.74, 6) is -0.969. The van der Waals surface area contributed by atoms with Gasteiger partial charge in [-0.1, -0.05) is 60.7 Å². The first-order valence-electron chi connectivity index (χ1n) is 9.59. The maximum absolute atomic E-state index is 12.7. The van der Waals surface area contributed by atoms with Gasteiger partial charge < -0.3 is 15.0 Å². The van der Waals surface area contributed by atoms with Crippen molar-refractivity contribution in [1.29, 1.82) is 0 Å². The van der Waals surface area contributed by atoms with Crippen molar-refractivity contribution >= 4 is 23.6 Å². The van der Waals surface area contributed by atoms with E-state index < -0.39 is 5.97 Å². The van der Waals surface area contributed by atoms with Crippen molar-refractivity contribution in [2.45, 2.75) is 6.61 Å². The van der Waals surface area contributed by atoms with Gasteiger partial charge in [-0.15, -0.1) is 0 Å². The fourth-order valence-corrected chi connectivity index (χ4v) is 2.77. The van der Waals surface area contributed by atoms with Crippen LogP contribution in [-0.4, -0.2) is 26.0 Å². The van der Waals surface area contributed by atoms with Gasteiger partial charge in [0.15, 0.2) is 0 Å². The summed E-state index contributed by atoms with van der Waals surface area (Å²) in [5.41, 5.74) is 3.23. The smallest absolute Gasteiger partial charge is 0.355 e. The number of amides is 1. The number of anilines is 1. The van der Waals surface area contributed by atoms with Crippen LogP contribution in [0.5, 0.6) is 0 Å². The topological polar surface area (TPSA) is 58.6 Å². The van der Waals surface area contributed by atoms with Crippen LogP contribution in [0.4, 0.5) is 5.69 Å². The van der Waals surface area contributed by atoms with E-state index in [0.717, 1.165) is 16.8 Å². The van der Waals surface area contributed by atoms with Crippen molar-refractivity contribution in [3.63, 3.8) is 0 Å². The first-order chi connectivity index (χ1) is 14.5. The number of hydrogen-bond acceptors (Lipinski definition) is 4. The second kappa shape index (κ2) is 10.1. The molecule has 5 heteroatoms. The summed E-state index contributed by atoms with van der Waals surface area (Å²) >= 11 is 0. The minimum Gasteiger partial charge on any atom is -0.456 e. The van der Waals surface area contributed by atoms with Crippen LogP contribution in [0.1, 0.15) is 21.5 Å². The Balaban J connectivity index is 1.81. The van der Waals surface area contributed by atoms with Crippen molar-refractivity contribution in [2.75, 3.05) is 19.0 Å². The molecule has 3 aromatic carbocycles. The molecule has 0 atom stereocenters. The highest BCUT2D eigenvalue weighted by Crippen LogP contribution is 2.15. The minimum absolute atomic E-state index is 0.0809. The normalized spacial score (nSPS) is 10.9. The largest absolute Gasteiger partial charge is 0.456 e. The second-order valence-corrected chi connectivity index (χ2v) is 6.93. The molecule has 0 unspecified atom stereocenters. The summed E-state index contributed by atoms with van der Waals surface area (Å²) in [4.78, 5) is 27.3. The quantitative estimate of drug-likeness (QED) is 0.475. The highest BCUT2D eigenvalue weighted by Gasteiger charge is 2.16. The van der Waals surface area contributed by atoms with Crippen LogP contribution in [0.25, 0.3) is 6.08 Å². The third-order valence-electron chi connectivity index (χ3n) is 4.44. The highest BCUT2D eigenvalue weighted by molar-refractivity contribution is 6.03. The molecular weight excluding hydrogens is 376 g/mol. The molecule has 30 heavy (non-hydrogen) atoms. The van der Waals surface area contributed by atoms with Gasteiger partial charge in [-0.25, -0.2) is 4.79 Å². The molecular formula is C25H24N2O3. The Kier molecular flexibility index (Phi) is 7.00. The van der Waals surface area contributed by atoms with Gasteiger partial charge in [-0.2, -0.15) is 0 Å². The third-order valence-corrected chi connectivity index (χ3v) is 4.44. The lowest BCUT2D eigenvalue weighted by atomic mass is 10.1. The van der Waals surface area contributed by atoms with Crippen LogP contribution in [0.15, 0.2) is 90.6 Å². The van der Waals surface area contributed by atoms with E-state index in [0.29, 0.717) is 5.56 Å². The molecule has 0 heterocycles. The van der Waals surface area contributed by atoms with E-state index in [9.17, 15) is 9.59 Å². The van der Waals surface area contributed by atoms with E-state index in [-0.39, 0.29) is 18.2 Å². The Labute approximate surface area is 176 Å². The predicted octanol–water partition coefficient (Wildman–Crippen LogP) is 4.27. The number of hydrogen-bond donors (Lipinski definition) is 1. The lowest BCUT2D eigenvalue weighted by Gasteiger charge is -2.13. The third kappa shape index (κ3) is 5.82. The molecule has 0 bridgehead atoms. The number of carbonyl (C=O) groups is 2. The SMILES string of the molecule is CN(C)c1ccc(C=C(NC(=O)c2ccccc2)C(=O)OCc2ccccc2)cc1. The van der Waals surface area contributed by atoms with Gasteiger partial charge in [0.25, 0.3) is 5.91 Å². The maximum Gasteiger partial charge on any atom is 0.355 e. The summed E-state index contributed by atoms with van der Waals surface area (Å²) < 4.78 is 5.43. The van der Waals surface area contributed by atoms with Crippen molar-refractivity contribution in [3.8, 4) is 0 Å². The Bertz CT molecular complexity index is 1010. The molecule has 0 aliphatic heterocycles. The monoisotopic (exact) mass is 400 g/mol. The average molecular weight is 400 g/mol. The lowest BCUT2D eigenvalue weighted by molar-refractivity contribution is -0.140. The van der Waals surface area contributed by atoms with Gasteiger partial charge in [0, 0.05) is 25.3 Å². The summed E-state index contributed by atoms with van der Waals surface area (Å²) in [6.45, 7) is 0.123. The van der Waals surface area contributed by atoms with Crippen LogP contribution in [0.3, 0.4) is 0 Å². The number of nitrogens with one attached hydrogen (secondary N) is 1. The molecule has 152 valence electrons. The fourth-order valence-electron chi connectivity index (χ4n) is 2.77. The molecule has 0 spiro atoms. The van der Waals surface area contributed by atoms with Crippen LogP contribution < -0.4 is 10.2 Å².